The number of nitrogens with zero attached hydrogens (tertiary/aromatic N) is 4. The molecule has 2 aliphatic heterocycles. The van der Waals surface area contributed by atoms with Gasteiger partial charge in [-0.1, -0.05) is 23.7 Å². The minimum absolute atomic E-state index is 0.00697. The summed E-state index contributed by atoms with van der Waals surface area (Å²) in [5.74, 6) is 0.925. The summed E-state index contributed by atoms with van der Waals surface area (Å²) in [6, 6.07) is 10.0. The Morgan fingerprint density at radius 1 is 1.03 bits per heavy atom. The first-order chi connectivity index (χ1) is 15.9. The average Bonchev–Trinajstić information content (AvgIpc) is 3.54. The number of carbonyl (C=O) groups excluding carboxylic acids is 2. The lowest BCUT2D eigenvalue weighted by Crippen LogP contribution is -2.50. The number of aromatic nitrogens is 1. The van der Waals surface area contributed by atoms with Crippen molar-refractivity contribution < 1.29 is 14.0 Å². The normalized spacial score (nSPS) is 21.9. The number of piperidine rings is 1. The van der Waals surface area contributed by atoms with E-state index in [9.17, 15) is 14.0 Å². The molecule has 2 amide bonds. The third kappa shape index (κ3) is 4.56. The number of hydrogen-bond acceptors (Lipinski definition) is 4. The lowest BCUT2D eigenvalue weighted by molar-refractivity contribution is -0.134. The summed E-state index contributed by atoms with van der Waals surface area (Å²) in [5, 5.41) is 0.285. The summed E-state index contributed by atoms with van der Waals surface area (Å²) in [6.45, 7) is 4.38. The number of amides is 2. The molecule has 0 radical (unpaired) electrons. The van der Waals surface area contributed by atoms with E-state index in [2.05, 4.69) is 9.88 Å². The third-order valence-electron chi connectivity index (χ3n) is 7.52. The molecule has 3 heterocycles. The maximum atomic E-state index is 13.2. The highest BCUT2D eigenvalue weighted by Crippen LogP contribution is 2.60. The van der Waals surface area contributed by atoms with Crippen molar-refractivity contribution in [1.29, 1.82) is 0 Å². The molecule has 1 aromatic carbocycles. The van der Waals surface area contributed by atoms with Crippen LogP contribution in [0.15, 0.2) is 42.6 Å². The molecule has 1 aromatic heterocycles. The zero-order valence-electron chi connectivity index (χ0n) is 18.6. The molecule has 5 rings (SSSR count). The molecule has 3 aliphatic rings. The number of anilines is 1. The number of likely N-dealkylation sites (tertiary alicyclic amines) is 1. The number of rotatable bonds is 4. The number of hydrogen-bond donors (Lipinski definition) is 0. The average molecular weight is 471 g/mol. The smallest absolute Gasteiger partial charge is 0.227 e. The molecule has 1 spiro atoms. The first-order valence-corrected chi connectivity index (χ1v) is 12.0. The van der Waals surface area contributed by atoms with Gasteiger partial charge in [-0.25, -0.2) is 9.37 Å². The predicted octanol–water partition coefficient (Wildman–Crippen LogP) is 3.39. The monoisotopic (exact) mass is 470 g/mol. The summed E-state index contributed by atoms with van der Waals surface area (Å²) in [4.78, 5) is 36.4. The highest BCUT2D eigenvalue weighted by atomic mass is 35.5. The summed E-state index contributed by atoms with van der Waals surface area (Å²) >= 11 is 6.08. The standard InChI is InChI=1S/C25H28ClFN4O2/c26-21-16-19(27)5-4-18(21)15-23(32)30-9-6-25(7-10-30)17-20(25)24(33)31-13-11-29(12-14-31)22-3-1-2-8-28-22/h1-5,8,16,20H,6-7,9-15,17H2/t20-/m0/s1. The lowest BCUT2D eigenvalue weighted by atomic mass is 9.90. The van der Waals surface area contributed by atoms with Crippen LogP contribution in [-0.2, 0) is 16.0 Å². The SMILES string of the molecule is O=C(Cc1ccc(F)cc1Cl)N1CCC2(CC1)C[C@H]2C(=O)N1CCN(c2ccccn2)CC1. The van der Waals surface area contributed by atoms with Crippen LogP contribution < -0.4 is 4.90 Å². The van der Waals surface area contributed by atoms with Gasteiger partial charge in [-0.2, -0.15) is 0 Å². The van der Waals surface area contributed by atoms with Crippen LogP contribution in [0, 0.1) is 17.2 Å². The van der Waals surface area contributed by atoms with Crippen LogP contribution in [0.1, 0.15) is 24.8 Å². The van der Waals surface area contributed by atoms with Crippen molar-refractivity contribution in [2.24, 2.45) is 11.3 Å². The van der Waals surface area contributed by atoms with Gasteiger partial charge in [0.05, 0.1) is 6.42 Å². The third-order valence-corrected chi connectivity index (χ3v) is 7.87. The van der Waals surface area contributed by atoms with E-state index >= 15 is 0 Å². The minimum Gasteiger partial charge on any atom is -0.353 e. The highest BCUT2D eigenvalue weighted by molar-refractivity contribution is 6.31. The van der Waals surface area contributed by atoms with Gasteiger partial charge >= 0.3 is 0 Å². The fraction of sp³-hybridized carbons (Fsp3) is 0.480. The predicted molar refractivity (Wildman–Crippen MR) is 124 cm³/mol. The summed E-state index contributed by atoms with van der Waals surface area (Å²) in [6.07, 6.45) is 4.62. The van der Waals surface area contributed by atoms with Gasteiger partial charge < -0.3 is 14.7 Å². The fourth-order valence-electron chi connectivity index (χ4n) is 5.31. The highest BCUT2D eigenvalue weighted by Gasteiger charge is 2.59. The second-order valence-corrected chi connectivity index (χ2v) is 9.82. The number of benzene rings is 1. The molecule has 2 aromatic rings. The lowest BCUT2D eigenvalue weighted by Gasteiger charge is -2.37. The van der Waals surface area contributed by atoms with Crippen LogP contribution in [0.3, 0.4) is 0 Å². The summed E-state index contributed by atoms with van der Waals surface area (Å²) in [5.41, 5.74) is 0.701. The van der Waals surface area contributed by atoms with Gasteiger partial charge in [-0.3, -0.25) is 9.59 Å². The molecule has 0 N–H and O–H groups in total. The van der Waals surface area contributed by atoms with Crippen LogP contribution in [-0.4, -0.2) is 65.9 Å². The van der Waals surface area contributed by atoms with Gasteiger partial charge in [-0.05, 0) is 54.5 Å². The van der Waals surface area contributed by atoms with Crippen molar-refractivity contribution in [3.63, 3.8) is 0 Å². The Balaban J connectivity index is 1.11. The zero-order valence-corrected chi connectivity index (χ0v) is 19.3. The fourth-order valence-corrected chi connectivity index (χ4v) is 5.54. The van der Waals surface area contributed by atoms with Gasteiger partial charge in [-0.15, -0.1) is 0 Å². The Hall–Kier alpha value is -2.67. The van der Waals surface area contributed by atoms with Crippen LogP contribution in [0.4, 0.5) is 10.2 Å². The second-order valence-electron chi connectivity index (χ2n) is 9.41. The molecule has 2 saturated heterocycles. The molecule has 1 aliphatic carbocycles. The quantitative estimate of drug-likeness (QED) is 0.687. The van der Waals surface area contributed by atoms with Crippen molar-refractivity contribution in [2.75, 3.05) is 44.2 Å². The molecule has 6 nitrogen and oxygen atoms in total. The van der Waals surface area contributed by atoms with Crippen LogP contribution in [0.5, 0.6) is 0 Å². The molecule has 3 fully saturated rings. The Morgan fingerprint density at radius 3 is 2.45 bits per heavy atom. The maximum absolute atomic E-state index is 13.2. The second kappa shape index (κ2) is 8.93. The molecule has 1 atom stereocenters. The molecular weight excluding hydrogens is 443 g/mol. The maximum Gasteiger partial charge on any atom is 0.227 e. The Morgan fingerprint density at radius 2 is 1.79 bits per heavy atom. The van der Waals surface area contributed by atoms with E-state index < -0.39 is 5.82 Å². The van der Waals surface area contributed by atoms with Crippen molar-refractivity contribution in [3.8, 4) is 0 Å². The van der Waals surface area contributed by atoms with Crippen molar-refractivity contribution in [3.05, 3.63) is 59.0 Å². The molecular formula is C25H28ClFN4O2. The number of carbonyl (C=O) groups is 2. The van der Waals surface area contributed by atoms with Crippen molar-refractivity contribution in [1.82, 2.24) is 14.8 Å². The molecule has 0 bridgehead atoms. The van der Waals surface area contributed by atoms with E-state index in [1.165, 1.54) is 12.1 Å². The topological polar surface area (TPSA) is 56.8 Å². The van der Waals surface area contributed by atoms with Gasteiger partial charge in [0, 0.05) is 56.4 Å². The Labute approximate surface area is 198 Å². The Kier molecular flexibility index (Phi) is 5.99. The van der Waals surface area contributed by atoms with Gasteiger partial charge in [0.2, 0.25) is 11.8 Å². The van der Waals surface area contributed by atoms with Crippen LogP contribution in [0.2, 0.25) is 5.02 Å². The van der Waals surface area contributed by atoms with E-state index in [0.717, 1.165) is 51.3 Å². The number of pyridine rings is 1. The largest absolute Gasteiger partial charge is 0.353 e. The van der Waals surface area contributed by atoms with E-state index in [1.807, 2.05) is 28.0 Å². The first-order valence-electron chi connectivity index (χ1n) is 11.6. The van der Waals surface area contributed by atoms with Crippen LogP contribution in [0.25, 0.3) is 0 Å². The van der Waals surface area contributed by atoms with E-state index in [-0.39, 0.29) is 34.6 Å². The van der Waals surface area contributed by atoms with E-state index in [0.29, 0.717) is 18.7 Å². The van der Waals surface area contributed by atoms with Crippen molar-refractivity contribution in [2.45, 2.75) is 25.7 Å². The summed E-state index contributed by atoms with van der Waals surface area (Å²) in [7, 11) is 0. The summed E-state index contributed by atoms with van der Waals surface area (Å²) < 4.78 is 13.2. The number of halogens is 2. The first kappa shape index (κ1) is 22.1. The molecule has 8 heteroatoms. The number of piperazine rings is 1. The molecule has 174 valence electrons. The van der Waals surface area contributed by atoms with E-state index in [4.69, 9.17) is 11.6 Å². The van der Waals surface area contributed by atoms with E-state index in [1.54, 1.807) is 12.3 Å². The molecule has 33 heavy (non-hydrogen) atoms. The zero-order chi connectivity index (χ0) is 23.0. The molecule has 1 saturated carbocycles. The molecule has 0 unspecified atom stereocenters. The van der Waals surface area contributed by atoms with Gasteiger partial charge in [0.25, 0.3) is 0 Å². The van der Waals surface area contributed by atoms with Gasteiger partial charge in [0.1, 0.15) is 11.6 Å². The van der Waals surface area contributed by atoms with Gasteiger partial charge in [0.15, 0.2) is 0 Å². The minimum atomic E-state index is -0.404. The Bertz CT molecular complexity index is 1030. The van der Waals surface area contributed by atoms with Crippen LogP contribution >= 0.6 is 11.6 Å². The van der Waals surface area contributed by atoms with Crippen molar-refractivity contribution >= 4 is 29.2 Å².